The summed E-state index contributed by atoms with van der Waals surface area (Å²) < 4.78 is 5.11. The van der Waals surface area contributed by atoms with Gasteiger partial charge in [-0.05, 0) is 38.1 Å². The Kier molecular flexibility index (Phi) is 4.53. The maximum absolute atomic E-state index is 12.6. The normalized spacial score (nSPS) is 12.0. The molecule has 4 nitrogen and oxygen atoms in total. The predicted octanol–water partition coefficient (Wildman–Crippen LogP) is 3.48. The third kappa shape index (κ3) is 3.19. The van der Waals surface area contributed by atoms with Gasteiger partial charge in [0.25, 0.3) is 5.91 Å². The summed E-state index contributed by atoms with van der Waals surface area (Å²) in [6.07, 6.45) is 0. The van der Waals surface area contributed by atoms with Crippen LogP contribution >= 0.6 is 11.3 Å². The van der Waals surface area contributed by atoms with Crippen LogP contribution < -0.4 is 10.5 Å². The van der Waals surface area contributed by atoms with Crippen molar-refractivity contribution >= 4 is 22.9 Å². The molecule has 0 spiro atoms. The van der Waals surface area contributed by atoms with E-state index in [1.54, 1.807) is 48.6 Å². The lowest BCUT2D eigenvalue weighted by atomic mass is 10.1. The summed E-state index contributed by atoms with van der Waals surface area (Å²) in [5, 5.41) is 0. The first-order valence-corrected chi connectivity index (χ1v) is 7.52. The number of methoxy groups -OCH3 is 1. The second-order valence-electron chi connectivity index (χ2n) is 4.99. The molecule has 0 saturated heterocycles. The van der Waals surface area contributed by atoms with Gasteiger partial charge < -0.3 is 15.4 Å². The van der Waals surface area contributed by atoms with Gasteiger partial charge >= 0.3 is 0 Å². The zero-order valence-corrected chi connectivity index (χ0v) is 13.5. The van der Waals surface area contributed by atoms with Gasteiger partial charge in [-0.3, -0.25) is 4.79 Å². The number of amides is 1. The zero-order chi connectivity index (χ0) is 15.6. The van der Waals surface area contributed by atoms with Crippen molar-refractivity contribution in [1.82, 2.24) is 4.90 Å². The molecule has 0 aliphatic carbocycles. The van der Waals surface area contributed by atoms with Crippen LogP contribution in [0.2, 0.25) is 0 Å². The summed E-state index contributed by atoms with van der Waals surface area (Å²) in [6, 6.07) is 9.26. The molecule has 21 heavy (non-hydrogen) atoms. The minimum atomic E-state index is -0.0892. The first-order chi connectivity index (χ1) is 9.93. The highest BCUT2D eigenvalue weighted by molar-refractivity contribution is 7.12. The molecule has 0 bridgehead atoms. The summed E-state index contributed by atoms with van der Waals surface area (Å²) >= 11 is 1.70. The van der Waals surface area contributed by atoms with Gasteiger partial charge in [-0.25, -0.2) is 0 Å². The number of ether oxygens (including phenoxy) is 1. The highest BCUT2D eigenvalue weighted by Crippen LogP contribution is 2.29. The lowest BCUT2D eigenvalue weighted by Crippen LogP contribution is -2.29. The summed E-state index contributed by atoms with van der Waals surface area (Å²) in [4.78, 5) is 16.7. The molecule has 1 unspecified atom stereocenters. The Morgan fingerprint density at radius 1 is 1.33 bits per heavy atom. The highest BCUT2D eigenvalue weighted by Gasteiger charge is 2.21. The van der Waals surface area contributed by atoms with Crippen molar-refractivity contribution in [1.29, 1.82) is 0 Å². The number of carbonyl (C=O) groups excluding carboxylic acids is 1. The van der Waals surface area contributed by atoms with Crippen LogP contribution in [0.1, 0.15) is 33.1 Å². The number of nitrogens with zero attached hydrogens (tertiary/aromatic N) is 1. The van der Waals surface area contributed by atoms with Crippen LogP contribution in [-0.2, 0) is 0 Å². The maximum Gasteiger partial charge on any atom is 0.256 e. The molecule has 0 radical (unpaired) electrons. The van der Waals surface area contributed by atoms with E-state index in [0.29, 0.717) is 17.0 Å². The second kappa shape index (κ2) is 6.18. The number of hydrogen-bond donors (Lipinski definition) is 1. The molecule has 0 aliphatic heterocycles. The summed E-state index contributed by atoms with van der Waals surface area (Å²) in [7, 11) is 3.37. The Morgan fingerprint density at radius 3 is 2.57 bits per heavy atom. The van der Waals surface area contributed by atoms with Crippen LogP contribution in [0.4, 0.5) is 5.69 Å². The van der Waals surface area contributed by atoms with E-state index in [1.807, 2.05) is 6.92 Å². The Morgan fingerprint density at radius 2 is 2.05 bits per heavy atom. The first kappa shape index (κ1) is 15.4. The summed E-state index contributed by atoms with van der Waals surface area (Å²) in [6.45, 7) is 4.08. The molecule has 5 heteroatoms. The number of thiophene rings is 1. The van der Waals surface area contributed by atoms with Gasteiger partial charge in [0.05, 0.1) is 18.7 Å². The molecule has 1 aromatic carbocycles. The Balaban J connectivity index is 2.23. The van der Waals surface area contributed by atoms with Gasteiger partial charge in [-0.2, -0.15) is 0 Å². The fourth-order valence-electron chi connectivity index (χ4n) is 2.10. The molecule has 1 amide bonds. The second-order valence-corrected chi connectivity index (χ2v) is 6.31. The maximum atomic E-state index is 12.6. The average Bonchev–Trinajstić information content (AvgIpc) is 2.91. The van der Waals surface area contributed by atoms with Crippen LogP contribution in [0.25, 0.3) is 0 Å². The van der Waals surface area contributed by atoms with Gasteiger partial charge in [-0.1, -0.05) is 0 Å². The molecule has 1 atom stereocenters. The van der Waals surface area contributed by atoms with E-state index in [9.17, 15) is 4.79 Å². The van der Waals surface area contributed by atoms with Crippen LogP contribution in [0.5, 0.6) is 5.75 Å². The van der Waals surface area contributed by atoms with Crippen LogP contribution in [-0.4, -0.2) is 25.0 Å². The molecule has 2 N–H and O–H groups in total. The number of carbonyl (C=O) groups is 1. The van der Waals surface area contributed by atoms with Crippen molar-refractivity contribution in [3.8, 4) is 5.75 Å². The third-order valence-corrected chi connectivity index (χ3v) is 4.73. The first-order valence-electron chi connectivity index (χ1n) is 6.71. The monoisotopic (exact) mass is 304 g/mol. The minimum absolute atomic E-state index is 0.0118. The van der Waals surface area contributed by atoms with Gasteiger partial charge in [-0.15, -0.1) is 11.3 Å². The van der Waals surface area contributed by atoms with Crippen molar-refractivity contribution in [2.24, 2.45) is 0 Å². The fraction of sp³-hybridized carbons (Fsp3) is 0.312. The molecule has 112 valence electrons. The quantitative estimate of drug-likeness (QED) is 0.880. The molecule has 1 heterocycles. The predicted molar refractivity (Wildman–Crippen MR) is 87.0 cm³/mol. The largest absolute Gasteiger partial charge is 0.497 e. The molecular weight excluding hydrogens is 284 g/mol. The fourth-order valence-corrected chi connectivity index (χ4v) is 3.07. The third-order valence-electron chi connectivity index (χ3n) is 3.56. The molecule has 2 rings (SSSR count). The highest BCUT2D eigenvalue weighted by atomic mass is 32.1. The van der Waals surface area contributed by atoms with E-state index in [1.165, 1.54) is 4.88 Å². The van der Waals surface area contributed by atoms with E-state index in [0.717, 1.165) is 4.88 Å². The molecule has 0 saturated carbocycles. The smallest absolute Gasteiger partial charge is 0.256 e. The number of benzene rings is 1. The van der Waals surface area contributed by atoms with E-state index >= 15 is 0 Å². The van der Waals surface area contributed by atoms with Crippen molar-refractivity contribution in [2.45, 2.75) is 19.9 Å². The van der Waals surface area contributed by atoms with Gasteiger partial charge in [0, 0.05) is 28.6 Å². The summed E-state index contributed by atoms with van der Waals surface area (Å²) in [5.41, 5.74) is 6.88. The van der Waals surface area contributed by atoms with Gasteiger partial charge in [0.15, 0.2) is 0 Å². The van der Waals surface area contributed by atoms with Crippen molar-refractivity contribution < 1.29 is 9.53 Å². The molecular formula is C16H20N2O2S. The van der Waals surface area contributed by atoms with Crippen molar-refractivity contribution in [3.63, 3.8) is 0 Å². The zero-order valence-electron chi connectivity index (χ0n) is 12.7. The lowest BCUT2D eigenvalue weighted by Gasteiger charge is -2.25. The minimum Gasteiger partial charge on any atom is -0.497 e. The number of anilines is 1. The van der Waals surface area contributed by atoms with Gasteiger partial charge in [0.1, 0.15) is 5.75 Å². The average molecular weight is 304 g/mol. The van der Waals surface area contributed by atoms with Crippen LogP contribution in [0.15, 0.2) is 30.3 Å². The van der Waals surface area contributed by atoms with E-state index in [2.05, 4.69) is 19.1 Å². The number of rotatable bonds is 4. The van der Waals surface area contributed by atoms with Crippen molar-refractivity contribution in [3.05, 3.63) is 45.6 Å². The van der Waals surface area contributed by atoms with E-state index in [-0.39, 0.29) is 11.9 Å². The number of nitrogens with two attached hydrogens (primary N) is 1. The Bertz CT molecular complexity index is 651. The lowest BCUT2D eigenvalue weighted by molar-refractivity contribution is 0.0746. The Hall–Kier alpha value is -2.01. The van der Waals surface area contributed by atoms with E-state index < -0.39 is 0 Å². The standard InChI is InChI=1S/C16H20N2O2S/c1-10-5-8-15(21-10)11(2)18(3)16(19)13-7-6-12(20-4)9-14(13)17/h5-9,11H,17H2,1-4H3. The number of nitrogen functional groups attached to an aromatic ring is 1. The molecule has 2 aromatic rings. The van der Waals surface area contributed by atoms with Crippen LogP contribution in [0.3, 0.4) is 0 Å². The molecule has 0 aliphatic rings. The SMILES string of the molecule is COc1ccc(C(=O)N(C)C(C)c2ccc(C)s2)c(N)c1. The molecule has 0 fully saturated rings. The van der Waals surface area contributed by atoms with Crippen molar-refractivity contribution in [2.75, 3.05) is 19.9 Å². The van der Waals surface area contributed by atoms with Gasteiger partial charge in [0.2, 0.25) is 0 Å². The summed E-state index contributed by atoms with van der Waals surface area (Å²) in [5.74, 6) is 0.558. The topological polar surface area (TPSA) is 55.6 Å². The van der Waals surface area contributed by atoms with Crippen LogP contribution in [0, 0.1) is 6.92 Å². The van der Waals surface area contributed by atoms with E-state index in [4.69, 9.17) is 10.5 Å². The number of hydrogen-bond acceptors (Lipinski definition) is 4. The Labute approximate surface area is 129 Å². The number of aryl methyl sites for hydroxylation is 1. The molecule has 1 aromatic heterocycles.